The summed E-state index contributed by atoms with van der Waals surface area (Å²) in [7, 11) is -2.30. The Morgan fingerprint density at radius 2 is 2.00 bits per heavy atom. The zero-order valence-corrected chi connectivity index (χ0v) is 16.9. The van der Waals surface area contributed by atoms with Crippen molar-refractivity contribution in [3.05, 3.63) is 53.1 Å². The maximum Gasteiger partial charge on any atom is 0.248 e. The van der Waals surface area contributed by atoms with Crippen LogP contribution < -0.4 is 13.9 Å². The summed E-state index contributed by atoms with van der Waals surface area (Å²) >= 11 is 6.05. The number of methoxy groups -OCH3 is 1. The van der Waals surface area contributed by atoms with Gasteiger partial charge in [0, 0.05) is 16.8 Å². The molecule has 0 N–H and O–H groups in total. The van der Waals surface area contributed by atoms with Gasteiger partial charge < -0.3 is 9.64 Å². The van der Waals surface area contributed by atoms with E-state index >= 15 is 0 Å². The van der Waals surface area contributed by atoms with Gasteiger partial charge in [0.1, 0.15) is 12.3 Å². The van der Waals surface area contributed by atoms with E-state index in [1.54, 1.807) is 17.0 Å². The van der Waals surface area contributed by atoms with Gasteiger partial charge in [0.25, 0.3) is 0 Å². The van der Waals surface area contributed by atoms with E-state index < -0.39 is 10.0 Å². The van der Waals surface area contributed by atoms with Gasteiger partial charge in [0.05, 0.1) is 19.1 Å². The molecule has 8 heteroatoms. The fourth-order valence-corrected chi connectivity index (χ4v) is 4.40. The lowest BCUT2D eigenvalue weighted by atomic mass is 10.1. The van der Waals surface area contributed by atoms with E-state index in [2.05, 4.69) is 0 Å². The highest BCUT2D eigenvalue weighted by Gasteiger charge is 2.33. The minimum Gasteiger partial charge on any atom is -0.495 e. The third-order valence-electron chi connectivity index (χ3n) is 4.56. The summed E-state index contributed by atoms with van der Waals surface area (Å²) in [5, 5.41) is 0.354. The largest absolute Gasteiger partial charge is 0.495 e. The Morgan fingerprint density at radius 3 is 2.67 bits per heavy atom. The van der Waals surface area contributed by atoms with Gasteiger partial charge in [0.2, 0.25) is 15.9 Å². The lowest BCUT2D eigenvalue weighted by molar-refractivity contribution is -0.117. The molecule has 6 nitrogen and oxygen atoms in total. The molecule has 0 aromatic heterocycles. The van der Waals surface area contributed by atoms with Crippen LogP contribution >= 0.6 is 11.6 Å². The average Bonchev–Trinajstić information content (AvgIpc) is 2.94. The molecule has 1 heterocycles. The zero-order chi connectivity index (χ0) is 19.8. The maximum atomic E-state index is 13.1. The molecule has 0 saturated carbocycles. The summed E-state index contributed by atoms with van der Waals surface area (Å²) < 4.78 is 31.2. The number of sulfonamides is 1. The topological polar surface area (TPSA) is 66.9 Å². The van der Waals surface area contributed by atoms with Gasteiger partial charge >= 0.3 is 0 Å². The zero-order valence-electron chi connectivity index (χ0n) is 15.3. The number of nitrogens with zero attached hydrogens (tertiary/aromatic N) is 2. The number of carbonyl (C=O) groups is 1. The molecule has 1 amide bonds. The van der Waals surface area contributed by atoms with E-state index in [-0.39, 0.29) is 24.2 Å². The standard InChI is InChI=1S/C19H21ClN2O4S/c1-13-10-14-6-4-5-7-16(14)22(13)19(23)12-21(27(3,24)25)17-11-15(20)8-9-18(17)26-2/h4-9,11,13H,10,12H2,1-3H3/t13-/m0/s1. The predicted molar refractivity (Wildman–Crippen MR) is 107 cm³/mol. The lowest BCUT2D eigenvalue weighted by Crippen LogP contribution is -2.45. The molecule has 144 valence electrons. The summed E-state index contributed by atoms with van der Waals surface area (Å²) in [6, 6.07) is 12.3. The number of carbonyl (C=O) groups excluding carboxylic acids is 1. The van der Waals surface area contributed by atoms with Crippen molar-refractivity contribution in [1.82, 2.24) is 0 Å². The van der Waals surface area contributed by atoms with Crippen molar-refractivity contribution in [1.29, 1.82) is 0 Å². The van der Waals surface area contributed by atoms with Gasteiger partial charge in [-0.15, -0.1) is 0 Å². The van der Waals surface area contributed by atoms with Crippen molar-refractivity contribution in [2.45, 2.75) is 19.4 Å². The van der Waals surface area contributed by atoms with Crippen LogP contribution in [-0.4, -0.2) is 40.3 Å². The molecule has 0 saturated heterocycles. The number of ether oxygens (including phenoxy) is 1. The highest BCUT2D eigenvalue weighted by Crippen LogP contribution is 2.35. The van der Waals surface area contributed by atoms with Crippen molar-refractivity contribution in [3.8, 4) is 5.75 Å². The second-order valence-corrected chi connectivity index (χ2v) is 8.87. The van der Waals surface area contributed by atoms with E-state index in [0.717, 1.165) is 28.2 Å². The summed E-state index contributed by atoms with van der Waals surface area (Å²) in [6.45, 7) is 1.61. The van der Waals surface area contributed by atoms with Crippen LogP contribution in [0.25, 0.3) is 0 Å². The second-order valence-electron chi connectivity index (χ2n) is 6.53. The Labute approximate surface area is 164 Å². The Bertz CT molecular complexity index is 977. The smallest absolute Gasteiger partial charge is 0.248 e. The van der Waals surface area contributed by atoms with Crippen molar-refractivity contribution >= 4 is 38.9 Å². The first-order valence-corrected chi connectivity index (χ1v) is 10.7. The molecule has 0 spiro atoms. The minimum atomic E-state index is -3.74. The molecule has 2 aromatic rings. The van der Waals surface area contributed by atoms with Crippen molar-refractivity contribution in [3.63, 3.8) is 0 Å². The minimum absolute atomic E-state index is 0.0439. The average molecular weight is 409 g/mol. The normalized spacial score (nSPS) is 16.1. The maximum absolute atomic E-state index is 13.1. The SMILES string of the molecule is COc1ccc(Cl)cc1N(CC(=O)N1c2ccccc2C[C@@H]1C)S(C)(=O)=O. The fourth-order valence-electron chi connectivity index (χ4n) is 3.38. The van der Waals surface area contributed by atoms with Gasteiger partial charge in [0.15, 0.2) is 0 Å². The monoisotopic (exact) mass is 408 g/mol. The van der Waals surface area contributed by atoms with Crippen LogP contribution in [0.2, 0.25) is 5.02 Å². The number of fused-ring (bicyclic) bond motifs is 1. The number of amides is 1. The second kappa shape index (κ2) is 7.40. The van der Waals surface area contributed by atoms with Crippen molar-refractivity contribution < 1.29 is 17.9 Å². The molecule has 1 aliphatic rings. The third-order valence-corrected chi connectivity index (χ3v) is 5.93. The lowest BCUT2D eigenvalue weighted by Gasteiger charge is -2.28. The van der Waals surface area contributed by atoms with Gasteiger partial charge in [-0.3, -0.25) is 9.10 Å². The Morgan fingerprint density at radius 1 is 1.30 bits per heavy atom. The highest BCUT2D eigenvalue weighted by atomic mass is 35.5. The van der Waals surface area contributed by atoms with Crippen LogP contribution in [0.5, 0.6) is 5.75 Å². The van der Waals surface area contributed by atoms with Gasteiger partial charge in [-0.25, -0.2) is 8.42 Å². The number of anilines is 2. The molecule has 2 aromatic carbocycles. The summed E-state index contributed by atoms with van der Waals surface area (Å²) in [5.74, 6) is 0.0207. The first kappa shape index (κ1) is 19.5. The predicted octanol–water partition coefficient (Wildman–Crippen LogP) is 3.09. The molecule has 0 bridgehead atoms. The molecule has 0 radical (unpaired) electrons. The fraction of sp³-hybridized carbons (Fsp3) is 0.316. The van der Waals surface area contributed by atoms with E-state index in [1.165, 1.54) is 13.2 Å². The van der Waals surface area contributed by atoms with Crippen molar-refractivity contribution in [2.75, 3.05) is 29.1 Å². The Kier molecular flexibility index (Phi) is 5.35. The molecular formula is C19H21ClN2O4S. The quantitative estimate of drug-likeness (QED) is 0.762. The molecule has 0 unspecified atom stereocenters. The molecule has 27 heavy (non-hydrogen) atoms. The van der Waals surface area contributed by atoms with E-state index in [0.29, 0.717) is 10.8 Å². The van der Waals surface area contributed by atoms with Crippen LogP contribution in [0.1, 0.15) is 12.5 Å². The number of hydrogen-bond acceptors (Lipinski definition) is 4. The first-order valence-electron chi connectivity index (χ1n) is 8.43. The van der Waals surface area contributed by atoms with E-state index in [4.69, 9.17) is 16.3 Å². The molecule has 0 aliphatic carbocycles. The highest BCUT2D eigenvalue weighted by molar-refractivity contribution is 7.92. The number of hydrogen-bond donors (Lipinski definition) is 0. The van der Waals surface area contributed by atoms with Gasteiger partial charge in [-0.2, -0.15) is 0 Å². The van der Waals surface area contributed by atoms with Gasteiger partial charge in [-0.05, 0) is 43.2 Å². The number of halogens is 1. The number of rotatable bonds is 5. The van der Waals surface area contributed by atoms with Crippen LogP contribution in [-0.2, 0) is 21.2 Å². The first-order chi connectivity index (χ1) is 12.7. The van der Waals surface area contributed by atoms with E-state index in [1.807, 2.05) is 31.2 Å². The summed E-state index contributed by atoms with van der Waals surface area (Å²) in [6.07, 6.45) is 1.79. The third kappa shape index (κ3) is 3.89. The molecular weight excluding hydrogens is 388 g/mol. The van der Waals surface area contributed by atoms with Crippen molar-refractivity contribution in [2.24, 2.45) is 0 Å². The molecule has 3 rings (SSSR count). The Balaban J connectivity index is 1.98. The van der Waals surface area contributed by atoms with E-state index in [9.17, 15) is 13.2 Å². The number of para-hydroxylation sites is 1. The molecule has 1 aliphatic heterocycles. The van der Waals surface area contributed by atoms with Crippen LogP contribution in [0.3, 0.4) is 0 Å². The van der Waals surface area contributed by atoms with Gasteiger partial charge in [-0.1, -0.05) is 29.8 Å². The summed E-state index contributed by atoms with van der Waals surface area (Å²) in [5.41, 5.74) is 2.13. The molecule has 1 atom stereocenters. The molecule has 0 fully saturated rings. The van der Waals surface area contributed by atoms with Crippen LogP contribution in [0.4, 0.5) is 11.4 Å². The summed E-state index contributed by atoms with van der Waals surface area (Å²) in [4.78, 5) is 14.7. The Hall–Kier alpha value is -2.25. The number of benzene rings is 2. The van der Waals surface area contributed by atoms with Crippen LogP contribution in [0, 0.1) is 0 Å². The van der Waals surface area contributed by atoms with Crippen LogP contribution in [0.15, 0.2) is 42.5 Å².